The highest BCUT2D eigenvalue weighted by Crippen LogP contribution is 2.36. The summed E-state index contributed by atoms with van der Waals surface area (Å²) in [7, 11) is 6.50. The van der Waals surface area contributed by atoms with E-state index in [0.717, 1.165) is 28.3 Å². The van der Waals surface area contributed by atoms with Gasteiger partial charge in [0, 0.05) is 11.3 Å². The Bertz CT molecular complexity index is 1080. The molecule has 0 atom stereocenters. The Kier molecular flexibility index (Phi) is 5.30. The van der Waals surface area contributed by atoms with Gasteiger partial charge in [-0.3, -0.25) is 0 Å². The average Bonchev–Trinajstić information content (AvgIpc) is 3.21. The molecule has 150 valence electrons. The molecule has 1 aromatic heterocycles. The van der Waals surface area contributed by atoms with E-state index in [9.17, 15) is 0 Å². The number of hydrogen-bond acceptors (Lipinski definition) is 8. The fraction of sp³-hybridized carbons (Fsp3) is 0.250. The molecule has 3 aromatic rings. The zero-order valence-corrected chi connectivity index (χ0v) is 17.3. The molecule has 0 saturated heterocycles. The molecule has 0 aliphatic carbocycles. The minimum Gasteiger partial charge on any atom is -0.497 e. The van der Waals surface area contributed by atoms with Crippen molar-refractivity contribution in [2.75, 3.05) is 34.2 Å². The Hall–Kier alpha value is -3.20. The predicted molar refractivity (Wildman–Crippen MR) is 111 cm³/mol. The van der Waals surface area contributed by atoms with E-state index in [0.29, 0.717) is 28.2 Å². The minimum atomic E-state index is 0.572. The van der Waals surface area contributed by atoms with Crippen LogP contribution < -0.4 is 18.9 Å². The fourth-order valence-electron chi connectivity index (χ4n) is 3.06. The molecule has 8 nitrogen and oxygen atoms in total. The van der Waals surface area contributed by atoms with Crippen molar-refractivity contribution < 1.29 is 18.9 Å². The Balaban J connectivity index is 1.84. The summed E-state index contributed by atoms with van der Waals surface area (Å²) in [6.07, 6.45) is 0. The molecule has 0 saturated carbocycles. The molecule has 0 amide bonds. The molecule has 0 fully saturated rings. The van der Waals surface area contributed by atoms with Crippen LogP contribution in [-0.2, 0) is 0 Å². The number of hydrogen-bond donors (Lipinski definition) is 0. The van der Waals surface area contributed by atoms with Crippen LogP contribution in [0.2, 0.25) is 0 Å². The first-order chi connectivity index (χ1) is 14.2. The van der Waals surface area contributed by atoms with Gasteiger partial charge in [0.05, 0.1) is 39.7 Å². The molecule has 9 heteroatoms. The number of fused-ring (bicyclic) bond motifs is 1. The van der Waals surface area contributed by atoms with Gasteiger partial charge in [-0.25, -0.2) is 0 Å². The van der Waals surface area contributed by atoms with Gasteiger partial charge in [-0.15, -0.1) is 10.2 Å². The molecule has 1 aliphatic rings. The van der Waals surface area contributed by atoms with Crippen molar-refractivity contribution in [1.29, 1.82) is 0 Å². The largest absolute Gasteiger partial charge is 0.497 e. The summed E-state index contributed by atoms with van der Waals surface area (Å²) in [6.45, 7) is 0. The summed E-state index contributed by atoms with van der Waals surface area (Å²) < 4.78 is 23.5. The Morgan fingerprint density at radius 3 is 2.03 bits per heavy atom. The van der Waals surface area contributed by atoms with Crippen LogP contribution in [0.25, 0.3) is 11.4 Å². The molecule has 29 heavy (non-hydrogen) atoms. The van der Waals surface area contributed by atoms with Crippen LogP contribution in [0.4, 0.5) is 0 Å². The predicted octanol–water partition coefficient (Wildman–Crippen LogP) is 3.34. The number of nitrogens with zero attached hydrogens (tertiary/aromatic N) is 4. The van der Waals surface area contributed by atoms with Crippen LogP contribution in [0.15, 0.2) is 46.7 Å². The number of benzene rings is 2. The Labute approximate surface area is 172 Å². The van der Waals surface area contributed by atoms with Crippen LogP contribution in [-0.4, -0.2) is 54.8 Å². The van der Waals surface area contributed by atoms with Gasteiger partial charge in [-0.1, -0.05) is 11.8 Å². The van der Waals surface area contributed by atoms with Crippen molar-refractivity contribution in [2.24, 2.45) is 5.10 Å². The van der Waals surface area contributed by atoms with Gasteiger partial charge < -0.3 is 18.9 Å². The van der Waals surface area contributed by atoms with E-state index >= 15 is 0 Å². The minimum absolute atomic E-state index is 0.572. The molecular weight excluding hydrogens is 392 g/mol. The van der Waals surface area contributed by atoms with Crippen molar-refractivity contribution in [1.82, 2.24) is 14.9 Å². The Morgan fingerprint density at radius 1 is 0.793 bits per heavy atom. The van der Waals surface area contributed by atoms with E-state index < -0.39 is 0 Å². The maximum Gasteiger partial charge on any atom is 0.212 e. The lowest BCUT2D eigenvalue weighted by Gasteiger charge is -2.17. The third kappa shape index (κ3) is 3.49. The van der Waals surface area contributed by atoms with Crippen LogP contribution in [0.1, 0.15) is 5.56 Å². The quantitative estimate of drug-likeness (QED) is 0.614. The van der Waals surface area contributed by atoms with Gasteiger partial charge in [-0.2, -0.15) is 9.78 Å². The van der Waals surface area contributed by atoms with Gasteiger partial charge in [0.2, 0.25) is 5.16 Å². The maximum atomic E-state index is 5.53. The molecule has 0 unspecified atom stereocenters. The molecule has 2 heterocycles. The van der Waals surface area contributed by atoms with Crippen molar-refractivity contribution in [2.45, 2.75) is 5.16 Å². The smallest absolute Gasteiger partial charge is 0.212 e. The first-order valence-electron chi connectivity index (χ1n) is 8.79. The molecule has 2 aromatic carbocycles. The normalized spacial score (nSPS) is 12.8. The molecule has 0 bridgehead atoms. The molecule has 0 N–H and O–H groups in total. The lowest BCUT2D eigenvalue weighted by Crippen LogP contribution is -2.15. The lowest BCUT2D eigenvalue weighted by atomic mass is 10.1. The highest BCUT2D eigenvalue weighted by molar-refractivity contribution is 7.99. The number of thioether (sulfide) groups is 1. The van der Waals surface area contributed by atoms with Gasteiger partial charge >= 0.3 is 0 Å². The zero-order valence-electron chi connectivity index (χ0n) is 16.5. The molecule has 4 rings (SSSR count). The van der Waals surface area contributed by atoms with Crippen LogP contribution in [0, 0.1) is 0 Å². The summed E-state index contributed by atoms with van der Waals surface area (Å²) in [5.74, 6) is 4.02. The first kappa shape index (κ1) is 19.1. The monoisotopic (exact) mass is 412 g/mol. The van der Waals surface area contributed by atoms with E-state index in [-0.39, 0.29) is 0 Å². The zero-order chi connectivity index (χ0) is 20.4. The second-order valence-electron chi connectivity index (χ2n) is 6.09. The summed E-state index contributed by atoms with van der Waals surface area (Å²) in [4.78, 5) is 0. The van der Waals surface area contributed by atoms with E-state index in [4.69, 9.17) is 24.0 Å². The third-order valence-electron chi connectivity index (χ3n) is 4.54. The lowest BCUT2D eigenvalue weighted by molar-refractivity contribution is 0.402. The van der Waals surface area contributed by atoms with Gasteiger partial charge in [0.1, 0.15) is 23.0 Å². The molecular formula is C20H20N4O4S. The average molecular weight is 412 g/mol. The fourth-order valence-corrected chi connectivity index (χ4v) is 3.88. The van der Waals surface area contributed by atoms with Crippen LogP contribution >= 0.6 is 11.8 Å². The van der Waals surface area contributed by atoms with Gasteiger partial charge in [-0.05, 0) is 36.4 Å². The standard InChI is InChI=1S/C20H20N4O4S/c1-25-12-5-7-17(27-3)14(9-12)16-11-29-20-22-21-19(24(20)23-16)15-10-13(26-2)6-8-18(15)28-4/h5-10H,11H2,1-4H3. The highest BCUT2D eigenvalue weighted by Gasteiger charge is 2.24. The van der Waals surface area contributed by atoms with E-state index in [1.54, 1.807) is 44.9 Å². The molecule has 1 aliphatic heterocycles. The van der Waals surface area contributed by atoms with Crippen molar-refractivity contribution in [3.05, 3.63) is 42.0 Å². The van der Waals surface area contributed by atoms with Gasteiger partial charge in [0.15, 0.2) is 5.82 Å². The van der Waals surface area contributed by atoms with E-state index in [2.05, 4.69) is 10.2 Å². The summed E-state index contributed by atoms with van der Waals surface area (Å²) in [6, 6.07) is 11.2. The Morgan fingerprint density at radius 2 is 1.41 bits per heavy atom. The first-order valence-corrected chi connectivity index (χ1v) is 9.78. The van der Waals surface area contributed by atoms with Crippen molar-refractivity contribution in [3.8, 4) is 34.4 Å². The third-order valence-corrected chi connectivity index (χ3v) is 5.47. The summed E-state index contributed by atoms with van der Waals surface area (Å²) in [5.41, 5.74) is 2.44. The van der Waals surface area contributed by atoms with Crippen LogP contribution in [0.5, 0.6) is 23.0 Å². The number of ether oxygens (including phenoxy) is 4. The molecule has 0 radical (unpaired) electrons. The maximum absolute atomic E-state index is 5.53. The summed E-state index contributed by atoms with van der Waals surface area (Å²) >= 11 is 1.55. The number of aromatic nitrogens is 3. The van der Waals surface area contributed by atoms with Crippen molar-refractivity contribution >= 4 is 17.5 Å². The highest BCUT2D eigenvalue weighted by atomic mass is 32.2. The topological polar surface area (TPSA) is 80.0 Å². The van der Waals surface area contributed by atoms with Gasteiger partial charge in [0.25, 0.3) is 0 Å². The van der Waals surface area contributed by atoms with E-state index in [1.807, 2.05) is 36.4 Å². The van der Waals surface area contributed by atoms with Crippen molar-refractivity contribution in [3.63, 3.8) is 0 Å². The SMILES string of the molecule is COc1ccc(OC)c(C2=Nn3c(nnc3-c3cc(OC)ccc3OC)SC2)c1. The number of methoxy groups -OCH3 is 4. The molecule has 0 spiro atoms. The van der Waals surface area contributed by atoms with Crippen LogP contribution in [0.3, 0.4) is 0 Å². The summed E-state index contributed by atoms with van der Waals surface area (Å²) in [5, 5.41) is 14.2. The second kappa shape index (κ2) is 8.04. The number of rotatable bonds is 6. The van der Waals surface area contributed by atoms with E-state index in [1.165, 1.54) is 0 Å². The second-order valence-corrected chi connectivity index (χ2v) is 7.03.